The van der Waals surface area contributed by atoms with Crippen LogP contribution in [0.2, 0.25) is 0 Å². The predicted molar refractivity (Wildman–Crippen MR) is 76.3 cm³/mol. The Kier molecular flexibility index (Phi) is 4.31. The van der Waals surface area contributed by atoms with Crippen molar-refractivity contribution in [2.45, 2.75) is 12.1 Å². The molecule has 0 unspecified atom stereocenters. The fourth-order valence-corrected chi connectivity index (χ4v) is 2.15. The average molecular weight is 274 g/mol. The molecule has 0 spiro atoms. The lowest BCUT2D eigenvalue weighted by Gasteiger charge is -2.03. The van der Waals surface area contributed by atoms with Gasteiger partial charge in [0, 0.05) is 5.56 Å². The summed E-state index contributed by atoms with van der Waals surface area (Å²) >= 11 is 1.46. The van der Waals surface area contributed by atoms with E-state index in [1.165, 1.54) is 16.4 Å². The van der Waals surface area contributed by atoms with Crippen LogP contribution in [0.3, 0.4) is 0 Å². The smallest absolute Gasteiger partial charge is 0.211 e. The van der Waals surface area contributed by atoms with Crippen molar-refractivity contribution in [1.29, 1.82) is 0 Å². The largest absolute Gasteiger partial charge is 0.497 e. The summed E-state index contributed by atoms with van der Waals surface area (Å²) in [6, 6.07) is 7.51. The molecule has 0 radical (unpaired) electrons. The summed E-state index contributed by atoms with van der Waals surface area (Å²) < 4.78 is 6.59. The number of rotatable bonds is 4. The molecule has 1 aromatic carbocycles. The van der Waals surface area contributed by atoms with Gasteiger partial charge in [0.2, 0.25) is 5.16 Å². The van der Waals surface area contributed by atoms with Gasteiger partial charge >= 0.3 is 0 Å². The van der Waals surface area contributed by atoms with Crippen LogP contribution >= 0.6 is 11.8 Å². The highest BCUT2D eigenvalue weighted by molar-refractivity contribution is 7.99. The average Bonchev–Trinajstić information content (AvgIpc) is 2.81. The van der Waals surface area contributed by atoms with Crippen molar-refractivity contribution in [1.82, 2.24) is 14.9 Å². The number of nitrogens with two attached hydrogens (primary N) is 1. The molecule has 2 aromatic rings. The normalized spacial score (nSPS) is 9.79. The van der Waals surface area contributed by atoms with Gasteiger partial charge in [-0.2, -0.15) is 0 Å². The second-order valence-corrected chi connectivity index (χ2v) is 4.56. The summed E-state index contributed by atoms with van der Waals surface area (Å²) in [5.74, 6) is 13.8. The zero-order chi connectivity index (χ0) is 13.7. The van der Waals surface area contributed by atoms with E-state index >= 15 is 0 Å². The van der Waals surface area contributed by atoms with Gasteiger partial charge in [0.1, 0.15) is 5.75 Å². The van der Waals surface area contributed by atoms with Gasteiger partial charge in [-0.1, -0.05) is 17.7 Å². The molecule has 98 valence electrons. The molecule has 0 amide bonds. The standard InChI is InChI=1S/C13H14N4OS/c1-3-4-9-19-13-16-15-12(17(13)14)10-5-7-11(18-2)8-6-10/h5-8H,9,14H2,1-2H3. The molecular weight excluding hydrogens is 260 g/mol. The fourth-order valence-electron chi connectivity index (χ4n) is 1.49. The SMILES string of the molecule is CC#CCSc1nnc(-c2ccc(OC)cc2)n1N. The molecule has 2 N–H and O–H groups in total. The monoisotopic (exact) mass is 274 g/mol. The van der Waals surface area contributed by atoms with Crippen LogP contribution in [0.15, 0.2) is 29.4 Å². The van der Waals surface area contributed by atoms with Crippen LogP contribution in [0, 0.1) is 11.8 Å². The lowest BCUT2D eigenvalue weighted by molar-refractivity contribution is 0.415. The number of ether oxygens (including phenoxy) is 1. The number of nitrogen functional groups attached to an aromatic ring is 1. The quantitative estimate of drug-likeness (QED) is 0.523. The molecule has 5 nitrogen and oxygen atoms in total. The number of benzene rings is 1. The number of thioether (sulfide) groups is 1. The number of nitrogens with zero attached hydrogens (tertiary/aromatic N) is 3. The predicted octanol–water partition coefficient (Wildman–Crippen LogP) is 1.78. The maximum Gasteiger partial charge on any atom is 0.211 e. The third-order valence-electron chi connectivity index (χ3n) is 2.46. The topological polar surface area (TPSA) is 66.0 Å². The first kappa shape index (κ1) is 13.3. The Balaban J connectivity index is 2.21. The van der Waals surface area contributed by atoms with Crippen molar-refractivity contribution >= 4 is 11.8 Å². The van der Waals surface area contributed by atoms with Gasteiger partial charge in [0.25, 0.3) is 0 Å². The van der Waals surface area contributed by atoms with E-state index in [1.807, 2.05) is 24.3 Å². The third kappa shape index (κ3) is 3.01. The summed E-state index contributed by atoms with van der Waals surface area (Å²) in [4.78, 5) is 0. The first-order chi connectivity index (χ1) is 9.26. The molecule has 0 saturated carbocycles. The Morgan fingerprint density at radius 1 is 1.32 bits per heavy atom. The van der Waals surface area contributed by atoms with Gasteiger partial charge in [-0.25, -0.2) is 4.68 Å². The Bertz CT molecular complexity index is 610. The second kappa shape index (κ2) is 6.16. The minimum atomic E-state index is 0.620. The summed E-state index contributed by atoms with van der Waals surface area (Å²) in [5.41, 5.74) is 0.893. The number of aromatic nitrogens is 3. The van der Waals surface area contributed by atoms with Crippen molar-refractivity contribution < 1.29 is 4.74 Å². The van der Waals surface area contributed by atoms with Crippen LogP contribution in [0.1, 0.15) is 6.92 Å². The highest BCUT2D eigenvalue weighted by Gasteiger charge is 2.11. The molecule has 0 aliphatic heterocycles. The molecule has 6 heteroatoms. The number of hydrogen-bond acceptors (Lipinski definition) is 5. The first-order valence-electron chi connectivity index (χ1n) is 5.63. The van der Waals surface area contributed by atoms with Gasteiger partial charge in [-0.05, 0) is 31.2 Å². The lowest BCUT2D eigenvalue weighted by atomic mass is 10.2. The lowest BCUT2D eigenvalue weighted by Crippen LogP contribution is -2.11. The Hall–Kier alpha value is -2.13. The minimum absolute atomic E-state index is 0.620. The van der Waals surface area contributed by atoms with Crippen LogP contribution in [0.5, 0.6) is 5.75 Å². The Morgan fingerprint density at radius 2 is 2.05 bits per heavy atom. The zero-order valence-electron chi connectivity index (χ0n) is 10.8. The molecule has 0 aliphatic rings. The van der Waals surface area contributed by atoms with E-state index < -0.39 is 0 Å². The van der Waals surface area contributed by atoms with Gasteiger partial charge in [-0.3, -0.25) is 0 Å². The molecule has 0 bridgehead atoms. The third-order valence-corrected chi connectivity index (χ3v) is 3.29. The van der Waals surface area contributed by atoms with E-state index in [1.54, 1.807) is 14.0 Å². The van der Waals surface area contributed by atoms with Crippen LogP contribution in [0.4, 0.5) is 0 Å². The van der Waals surface area contributed by atoms with Gasteiger partial charge in [0.05, 0.1) is 12.9 Å². The van der Waals surface area contributed by atoms with Crippen LogP contribution in [0.25, 0.3) is 11.4 Å². The summed E-state index contributed by atoms with van der Waals surface area (Å²) in [5, 5.41) is 8.80. The molecule has 19 heavy (non-hydrogen) atoms. The van der Waals surface area contributed by atoms with E-state index in [0.717, 1.165) is 11.3 Å². The minimum Gasteiger partial charge on any atom is -0.497 e. The highest BCUT2D eigenvalue weighted by Crippen LogP contribution is 2.23. The molecule has 0 fully saturated rings. The van der Waals surface area contributed by atoms with E-state index in [4.69, 9.17) is 10.6 Å². The molecule has 0 aliphatic carbocycles. The van der Waals surface area contributed by atoms with Gasteiger partial charge in [-0.15, -0.1) is 16.1 Å². The van der Waals surface area contributed by atoms with E-state index in [9.17, 15) is 0 Å². The van der Waals surface area contributed by atoms with Crippen molar-refractivity contribution in [3.05, 3.63) is 24.3 Å². The fraction of sp³-hybridized carbons (Fsp3) is 0.231. The number of methoxy groups -OCH3 is 1. The molecule has 1 aromatic heterocycles. The second-order valence-electron chi connectivity index (χ2n) is 3.62. The maximum absolute atomic E-state index is 5.98. The highest BCUT2D eigenvalue weighted by atomic mass is 32.2. The van der Waals surface area contributed by atoms with E-state index in [0.29, 0.717) is 16.7 Å². The van der Waals surface area contributed by atoms with Crippen LogP contribution in [-0.4, -0.2) is 27.7 Å². The Labute approximate surface area is 116 Å². The summed E-state index contributed by atoms with van der Waals surface area (Å²) in [6.07, 6.45) is 0. The van der Waals surface area contributed by atoms with Crippen molar-refractivity contribution in [3.63, 3.8) is 0 Å². The van der Waals surface area contributed by atoms with Crippen molar-refractivity contribution in [2.75, 3.05) is 18.7 Å². The molecule has 2 rings (SSSR count). The van der Waals surface area contributed by atoms with Crippen LogP contribution < -0.4 is 10.6 Å². The Morgan fingerprint density at radius 3 is 2.68 bits per heavy atom. The molecular formula is C13H14N4OS. The molecule has 0 atom stereocenters. The molecule has 1 heterocycles. The van der Waals surface area contributed by atoms with Gasteiger partial charge in [0.15, 0.2) is 5.82 Å². The van der Waals surface area contributed by atoms with E-state index in [-0.39, 0.29) is 0 Å². The van der Waals surface area contributed by atoms with Crippen LogP contribution in [-0.2, 0) is 0 Å². The molecule has 0 saturated heterocycles. The summed E-state index contributed by atoms with van der Waals surface area (Å²) in [7, 11) is 1.63. The van der Waals surface area contributed by atoms with Crippen molar-refractivity contribution in [3.8, 4) is 29.0 Å². The van der Waals surface area contributed by atoms with E-state index in [2.05, 4.69) is 22.0 Å². The van der Waals surface area contributed by atoms with Crippen molar-refractivity contribution in [2.24, 2.45) is 0 Å². The first-order valence-corrected chi connectivity index (χ1v) is 6.62. The maximum atomic E-state index is 5.98. The van der Waals surface area contributed by atoms with Gasteiger partial charge < -0.3 is 10.6 Å². The summed E-state index contributed by atoms with van der Waals surface area (Å²) in [6.45, 7) is 1.80. The number of hydrogen-bond donors (Lipinski definition) is 1. The zero-order valence-corrected chi connectivity index (χ0v) is 11.6.